The van der Waals surface area contributed by atoms with Crippen molar-refractivity contribution in [3.63, 3.8) is 0 Å². The summed E-state index contributed by atoms with van der Waals surface area (Å²) in [7, 11) is 0. The Morgan fingerprint density at radius 1 is 0.385 bits per heavy atom. The molecule has 0 spiro atoms. The van der Waals surface area contributed by atoms with E-state index in [1.54, 1.807) is 36.4 Å². The lowest BCUT2D eigenvalue weighted by Crippen LogP contribution is -2.57. The molecule has 21 N–H and O–H groups in total. The van der Waals surface area contributed by atoms with Crippen molar-refractivity contribution in [1.29, 1.82) is 0 Å². The fourth-order valence-corrected chi connectivity index (χ4v) is 7.43. The predicted octanol–water partition coefficient (Wildman–Crippen LogP) is 1.34. The Morgan fingerprint density at radius 2 is 0.615 bits per heavy atom. The molecule has 0 aromatic heterocycles. The van der Waals surface area contributed by atoms with Crippen LogP contribution in [0.2, 0.25) is 0 Å². The lowest BCUT2D eigenvalue weighted by Gasteiger charge is -2.27. The number of anilines is 3. The summed E-state index contributed by atoms with van der Waals surface area (Å²) in [5.41, 5.74) is 51.4. The summed E-state index contributed by atoms with van der Waals surface area (Å²) in [6.07, 6.45) is 3.36. The number of unbranched alkanes of at least 4 members (excludes halogenated alkanes) is 3. The van der Waals surface area contributed by atoms with E-state index in [2.05, 4.69) is 16.0 Å². The van der Waals surface area contributed by atoms with Crippen molar-refractivity contribution < 1.29 is 28.8 Å². The second-order valence-electron chi connectivity index (χ2n) is 16.2. The molecule has 0 aliphatic rings. The number of amides is 3. The number of hydrogen-bond donors (Lipinski definition) is 12. The number of rotatable bonds is 30. The van der Waals surface area contributed by atoms with E-state index in [1.807, 2.05) is 36.4 Å². The molecule has 3 amide bonds. The zero-order valence-corrected chi connectivity index (χ0v) is 38.1. The van der Waals surface area contributed by atoms with Crippen molar-refractivity contribution in [2.24, 2.45) is 51.6 Å². The number of carbonyl (C=O) groups is 6. The van der Waals surface area contributed by atoms with E-state index in [-0.39, 0.29) is 70.6 Å². The maximum absolute atomic E-state index is 13.6. The summed E-state index contributed by atoms with van der Waals surface area (Å²) in [4.78, 5) is 79.7. The monoisotopic (exact) mass is 923 g/mol. The molecule has 0 aliphatic heterocycles. The second-order valence-corrected chi connectivity index (χ2v) is 16.2. The molecule has 19 heteroatoms. The highest BCUT2D eigenvalue weighted by molar-refractivity contribution is 6.16. The van der Waals surface area contributed by atoms with Gasteiger partial charge in [-0.2, -0.15) is 0 Å². The Morgan fingerprint density at radius 3 is 0.815 bits per heavy atom. The van der Waals surface area contributed by atoms with Crippen LogP contribution in [0.15, 0.2) is 72.8 Å². The zero-order chi connectivity index (χ0) is 47.3. The molecule has 3 aromatic carbocycles. The molecule has 0 unspecified atom stereocenters. The molecule has 65 heavy (non-hydrogen) atoms. The van der Waals surface area contributed by atoms with Gasteiger partial charge in [-0.3, -0.25) is 28.8 Å². The van der Waals surface area contributed by atoms with Crippen LogP contribution in [0.3, 0.4) is 0 Å². The predicted molar refractivity (Wildman–Crippen MR) is 259 cm³/mol. The number of hydrogen-bond acceptors (Lipinski definition) is 15. The maximum Gasteiger partial charge on any atom is 0.252 e. The van der Waals surface area contributed by atoms with E-state index in [9.17, 15) is 28.8 Å². The molecule has 0 fully saturated rings. The first kappa shape index (κ1) is 56.1. The topological polar surface area (TPSA) is 373 Å². The zero-order valence-electron chi connectivity index (χ0n) is 37.3. The first-order valence-corrected chi connectivity index (χ1v) is 22.0. The van der Waals surface area contributed by atoms with Gasteiger partial charge in [0.15, 0.2) is 34.0 Å². The minimum atomic E-state index is -1.79. The average molecular weight is 924 g/mol. The molecule has 3 rings (SSSR count). The summed E-state index contributed by atoms with van der Waals surface area (Å²) in [6.45, 7) is 1.32. The lowest BCUT2D eigenvalue weighted by molar-refractivity contribution is -0.134. The Labute approximate surface area is 388 Å². The van der Waals surface area contributed by atoms with Gasteiger partial charge in [0.05, 0.1) is 0 Å². The van der Waals surface area contributed by atoms with Gasteiger partial charge in [-0.25, -0.2) is 0 Å². The molecule has 0 bridgehead atoms. The van der Waals surface area contributed by atoms with E-state index < -0.39 is 57.6 Å². The number of benzene rings is 3. The first-order chi connectivity index (χ1) is 30.6. The Bertz CT molecular complexity index is 1780. The Hall–Kier alpha value is -4.99. The van der Waals surface area contributed by atoms with Gasteiger partial charge in [0, 0.05) is 42.2 Å². The van der Waals surface area contributed by atoms with Gasteiger partial charge in [-0.05, 0) is 150 Å². The SMILES string of the molecule is Cl.NCCCC[C@](N)(C(=O)CCN)C(=O)Nc1ccc(C(c2ccc(NC(=O)[C@](N)(CCCCN)C(=O)CCN)cc2)c2ccc(NC(=O)[C@](N)(CCCCN)C(=O)CCN)cc2)cc1. The number of halogens is 1. The first-order valence-electron chi connectivity index (χ1n) is 22.0. The van der Waals surface area contributed by atoms with Gasteiger partial charge in [0.25, 0.3) is 17.7 Å². The Balaban J connectivity index is 0.0000145. The molecule has 18 nitrogen and oxygen atoms in total. The fraction of sp³-hybridized carbons (Fsp3) is 0.478. The van der Waals surface area contributed by atoms with E-state index in [1.165, 1.54) is 0 Å². The van der Waals surface area contributed by atoms with Gasteiger partial charge in [-0.1, -0.05) is 36.4 Å². The third-order valence-electron chi connectivity index (χ3n) is 11.4. The summed E-state index contributed by atoms with van der Waals surface area (Å²) < 4.78 is 0. The van der Waals surface area contributed by atoms with E-state index in [4.69, 9.17) is 51.6 Å². The van der Waals surface area contributed by atoms with Crippen LogP contribution in [0.4, 0.5) is 17.1 Å². The quantitative estimate of drug-likeness (QED) is 0.0255. The maximum atomic E-state index is 13.6. The molecular formula is C46H71ClN12O6. The molecule has 0 radical (unpaired) electrons. The smallest absolute Gasteiger partial charge is 0.252 e. The average Bonchev–Trinajstić information content (AvgIpc) is 3.28. The number of carbonyl (C=O) groups excluding carboxylic acids is 6. The van der Waals surface area contributed by atoms with Crippen LogP contribution in [0.5, 0.6) is 0 Å². The standard InChI is InChI=1S/C46H70N12O6.ClH/c47-25-4-1-22-44(53,37(59)19-28-50)41(62)56-34-13-7-31(8-14-34)40(32-9-15-35(16-10-32)57-42(63)45(54,23-2-5-26-48)38(60)20-29-51)33-11-17-36(18-12-33)58-43(64)46(55,24-3-6-27-49)39(61)21-30-52;/h7-18,40H,1-6,19-30,47-55H2,(H,56,62)(H,57,63)(H,58,64);1H/t44-,45-,46-;/m0./s1. The van der Waals surface area contributed by atoms with Gasteiger partial charge >= 0.3 is 0 Å². The molecule has 358 valence electrons. The normalized spacial score (nSPS) is 13.9. The van der Waals surface area contributed by atoms with Crippen LogP contribution in [0.1, 0.15) is 99.7 Å². The van der Waals surface area contributed by atoms with Crippen molar-refractivity contribution in [2.45, 2.75) is 99.6 Å². The van der Waals surface area contributed by atoms with Crippen molar-refractivity contribution in [1.82, 2.24) is 0 Å². The van der Waals surface area contributed by atoms with Crippen molar-refractivity contribution in [2.75, 3.05) is 55.2 Å². The highest BCUT2D eigenvalue weighted by Crippen LogP contribution is 2.35. The van der Waals surface area contributed by atoms with Crippen molar-refractivity contribution in [3.05, 3.63) is 89.5 Å². The van der Waals surface area contributed by atoms with E-state index in [0.29, 0.717) is 75.2 Å². The van der Waals surface area contributed by atoms with Crippen LogP contribution in [0, 0.1) is 0 Å². The molecule has 0 heterocycles. The van der Waals surface area contributed by atoms with Crippen LogP contribution >= 0.6 is 12.4 Å². The number of nitrogens with one attached hydrogen (secondary N) is 3. The van der Waals surface area contributed by atoms with Crippen molar-refractivity contribution >= 4 is 64.5 Å². The van der Waals surface area contributed by atoms with Gasteiger partial charge in [0.1, 0.15) is 0 Å². The molecular weight excluding hydrogens is 852 g/mol. The summed E-state index contributed by atoms with van der Waals surface area (Å²) >= 11 is 0. The second kappa shape index (κ2) is 27.5. The van der Waals surface area contributed by atoms with Crippen LogP contribution < -0.4 is 67.6 Å². The van der Waals surface area contributed by atoms with Crippen LogP contribution in [-0.4, -0.2) is 91.0 Å². The Kier molecular flexibility index (Phi) is 23.7. The molecule has 0 saturated heterocycles. The number of Topliss-reactive ketones (excluding diaryl/α,β-unsaturated/α-hetero) is 3. The molecule has 3 atom stereocenters. The molecule has 3 aromatic rings. The minimum absolute atomic E-state index is 0. The van der Waals surface area contributed by atoms with Crippen LogP contribution in [0.25, 0.3) is 0 Å². The summed E-state index contributed by atoms with van der Waals surface area (Å²) in [6, 6.07) is 21.1. The number of ketones is 3. The molecule has 0 aliphatic carbocycles. The summed E-state index contributed by atoms with van der Waals surface area (Å²) in [5.74, 6) is -3.79. The number of nitrogens with two attached hydrogens (primary N) is 9. The van der Waals surface area contributed by atoms with Gasteiger partial charge < -0.3 is 67.6 Å². The van der Waals surface area contributed by atoms with Gasteiger partial charge in [-0.15, -0.1) is 12.4 Å². The van der Waals surface area contributed by atoms with E-state index in [0.717, 1.165) is 16.7 Å². The highest BCUT2D eigenvalue weighted by atomic mass is 35.5. The fourth-order valence-electron chi connectivity index (χ4n) is 7.43. The third kappa shape index (κ3) is 15.3. The molecule has 0 saturated carbocycles. The van der Waals surface area contributed by atoms with E-state index >= 15 is 0 Å². The highest BCUT2D eigenvalue weighted by Gasteiger charge is 2.42. The minimum Gasteiger partial charge on any atom is -0.330 e. The summed E-state index contributed by atoms with van der Waals surface area (Å²) in [5, 5.41) is 8.40. The largest absolute Gasteiger partial charge is 0.330 e. The van der Waals surface area contributed by atoms with Gasteiger partial charge in [0.2, 0.25) is 0 Å². The third-order valence-corrected chi connectivity index (χ3v) is 11.4. The lowest BCUT2D eigenvalue weighted by atomic mass is 9.84. The van der Waals surface area contributed by atoms with Crippen LogP contribution in [-0.2, 0) is 28.8 Å². The van der Waals surface area contributed by atoms with Crippen molar-refractivity contribution in [3.8, 4) is 0 Å².